The van der Waals surface area contributed by atoms with Crippen LogP contribution in [0, 0.1) is 6.92 Å². The van der Waals surface area contributed by atoms with Gasteiger partial charge >= 0.3 is 5.97 Å². The molecule has 1 heterocycles. The minimum atomic E-state index is -3.27. The van der Waals surface area contributed by atoms with Crippen LogP contribution in [0.15, 0.2) is 22.3 Å². The number of ketones is 4. The SMILES string of the molecule is COC(=O)c1c(C)c(Br)c2c(c1O)[C@]1(O)C(=O)c3cc4c(c(O)c3C(=O)[C@]1(OC)[C@H](O)C2)C(=O)C=C(NC1OC(C)C(OC)C(O)C1OC)C4=O. The molecule has 51 heavy (non-hydrogen) atoms. The number of hydrogen-bond acceptors (Lipinski definition) is 16. The van der Waals surface area contributed by atoms with Crippen molar-refractivity contribution in [3.05, 3.63) is 66.8 Å². The zero-order valence-electron chi connectivity index (χ0n) is 28.0. The number of carbonyl (C=O) groups is 5. The predicted molar refractivity (Wildman–Crippen MR) is 174 cm³/mol. The average molecular weight is 777 g/mol. The maximum atomic E-state index is 14.7. The number of fused-ring (bicyclic) bond motifs is 5. The standard InChI is InChI=1S/C34H34BrNO15/c1-10-18(32(45)49-5)25(41)21-14(22(10)35)8-17(38)34(50-6)30(44)20-13(29(43)33(21,34)46)7-12-19(24(20)40)16(37)9-15(23(12)39)36-31-28(48-4)26(42)27(47-3)11(2)51-31/h7,9,11,17,26-28,31,36,38,40-42,46H,8H2,1-6H3/t11?,17-,26?,27?,28?,31?,33+,34-/m1/s1. The largest absolute Gasteiger partial charge is 0.507 e. The molecule has 1 fully saturated rings. The summed E-state index contributed by atoms with van der Waals surface area (Å²) in [6.07, 6.45) is -6.66. The molecule has 6 N–H and O–H groups in total. The molecule has 8 atom stereocenters. The first-order chi connectivity index (χ1) is 24.0. The smallest absolute Gasteiger partial charge is 0.341 e. The third-order valence-electron chi connectivity index (χ3n) is 10.3. The highest BCUT2D eigenvalue weighted by molar-refractivity contribution is 9.10. The van der Waals surface area contributed by atoms with Gasteiger partial charge in [0.2, 0.25) is 17.3 Å². The number of esters is 1. The fourth-order valence-electron chi connectivity index (χ4n) is 7.86. The molecule has 17 heteroatoms. The Kier molecular flexibility index (Phi) is 9.04. The van der Waals surface area contributed by atoms with E-state index in [4.69, 9.17) is 23.7 Å². The molecule has 16 nitrogen and oxygen atoms in total. The molecule has 6 rings (SSSR count). The third-order valence-corrected chi connectivity index (χ3v) is 11.4. The second-order valence-corrected chi connectivity index (χ2v) is 13.4. The molecular formula is C34H34BrNO15. The van der Waals surface area contributed by atoms with Crippen molar-refractivity contribution in [3.63, 3.8) is 0 Å². The first-order valence-corrected chi connectivity index (χ1v) is 16.3. The Hall–Kier alpha value is -4.07. The predicted octanol–water partition coefficient (Wildman–Crippen LogP) is 0.513. The van der Waals surface area contributed by atoms with E-state index in [0.717, 1.165) is 26.4 Å². The van der Waals surface area contributed by atoms with Crippen molar-refractivity contribution < 1.29 is 73.2 Å². The molecule has 0 saturated carbocycles. The second kappa shape index (κ2) is 12.6. The number of methoxy groups -OCH3 is 4. The maximum Gasteiger partial charge on any atom is 0.341 e. The van der Waals surface area contributed by atoms with Gasteiger partial charge in [-0.05, 0) is 31.0 Å². The highest BCUT2D eigenvalue weighted by Crippen LogP contribution is 2.58. The quantitative estimate of drug-likeness (QED) is 0.219. The number of carbonyl (C=O) groups excluding carboxylic acids is 5. The van der Waals surface area contributed by atoms with Gasteiger partial charge in [-0.15, -0.1) is 0 Å². The Balaban J connectivity index is 1.53. The zero-order chi connectivity index (χ0) is 37.6. The molecule has 1 saturated heterocycles. The third kappa shape index (κ3) is 4.66. The fourth-order valence-corrected chi connectivity index (χ4v) is 8.42. The van der Waals surface area contributed by atoms with Crippen molar-refractivity contribution >= 4 is 45.0 Å². The van der Waals surface area contributed by atoms with Crippen LogP contribution in [0.3, 0.4) is 0 Å². The number of benzene rings is 2. The fraction of sp³-hybridized carbons (Fsp3) is 0.441. The minimum Gasteiger partial charge on any atom is -0.507 e. The maximum absolute atomic E-state index is 14.7. The lowest BCUT2D eigenvalue weighted by molar-refractivity contribution is -0.236. The lowest BCUT2D eigenvalue weighted by Gasteiger charge is -2.53. The van der Waals surface area contributed by atoms with E-state index in [0.29, 0.717) is 0 Å². The van der Waals surface area contributed by atoms with Crippen LogP contribution in [0.2, 0.25) is 0 Å². The van der Waals surface area contributed by atoms with E-state index in [2.05, 4.69) is 21.2 Å². The van der Waals surface area contributed by atoms with Gasteiger partial charge in [0.15, 0.2) is 23.2 Å². The van der Waals surface area contributed by atoms with Crippen LogP contribution >= 0.6 is 15.9 Å². The van der Waals surface area contributed by atoms with Crippen molar-refractivity contribution in [2.75, 3.05) is 28.4 Å². The van der Waals surface area contributed by atoms with Crippen molar-refractivity contribution in [1.82, 2.24) is 5.32 Å². The lowest BCUT2D eigenvalue weighted by Crippen LogP contribution is -2.73. The minimum absolute atomic E-state index is 0.0416. The van der Waals surface area contributed by atoms with Crippen molar-refractivity contribution in [2.45, 2.75) is 68.2 Å². The summed E-state index contributed by atoms with van der Waals surface area (Å²) in [6.45, 7) is 3.05. The molecule has 2 aromatic carbocycles. The number of allylic oxidation sites excluding steroid dienone is 2. The van der Waals surface area contributed by atoms with Gasteiger partial charge in [0, 0.05) is 55.0 Å². The molecule has 2 aromatic rings. The Labute approximate surface area is 298 Å². The number of phenols is 2. The van der Waals surface area contributed by atoms with E-state index in [-0.39, 0.29) is 21.3 Å². The summed E-state index contributed by atoms with van der Waals surface area (Å²) in [5, 5.41) is 60.6. The van der Waals surface area contributed by atoms with E-state index in [1.54, 1.807) is 6.92 Å². The number of nitrogens with one attached hydrogen (secondary N) is 1. The highest BCUT2D eigenvalue weighted by Gasteiger charge is 2.73. The topological polar surface area (TPSA) is 245 Å². The normalized spacial score (nSPS) is 31.3. The molecule has 0 amide bonds. The zero-order valence-corrected chi connectivity index (χ0v) is 29.6. The number of aliphatic hydroxyl groups excluding tert-OH is 2. The number of aliphatic hydroxyl groups is 3. The van der Waals surface area contributed by atoms with Gasteiger partial charge in [0.25, 0.3) is 0 Å². The van der Waals surface area contributed by atoms with Crippen molar-refractivity contribution in [2.24, 2.45) is 0 Å². The second-order valence-electron chi connectivity index (χ2n) is 12.7. The van der Waals surface area contributed by atoms with E-state index in [1.165, 1.54) is 21.1 Å². The van der Waals surface area contributed by atoms with E-state index >= 15 is 0 Å². The molecule has 3 aliphatic carbocycles. The van der Waals surface area contributed by atoms with Gasteiger partial charge in [-0.2, -0.15) is 0 Å². The Morgan fingerprint density at radius 2 is 1.63 bits per heavy atom. The number of aromatic hydroxyl groups is 2. The molecule has 4 aliphatic rings. The number of halogens is 1. The van der Waals surface area contributed by atoms with E-state index < -0.39 is 128 Å². The monoisotopic (exact) mass is 775 g/mol. The number of ether oxygens (including phenoxy) is 5. The van der Waals surface area contributed by atoms with Gasteiger partial charge in [0.05, 0.1) is 36.1 Å². The molecule has 5 unspecified atom stereocenters. The molecular weight excluding hydrogens is 742 g/mol. The highest BCUT2D eigenvalue weighted by atomic mass is 79.9. The molecule has 1 aliphatic heterocycles. The van der Waals surface area contributed by atoms with Gasteiger partial charge in [-0.3, -0.25) is 19.2 Å². The molecule has 0 aromatic heterocycles. The average Bonchev–Trinajstić information content (AvgIpc) is 3.08. The molecule has 0 spiro atoms. The Bertz CT molecular complexity index is 1970. The van der Waals surface area contributed by atoms with Crippen LogP contribution in [-0.2, 0) is 35.7 Å². The van der Waals surface area contributed by atoms with Gasteiger partial charge in [-0.25, -0.2) is 4.79 Å². The Morgan fingerprint density at radius 1 is 0.980 bits per heavy atom. The van der Waals surface area contributed by atoms with Gasteiger partial charge in [-0.1, -0.05) is 15.9 Å². The summed E-state index contributed by atoms with van der Waals surface area (Å²) in [7, 11) is 4.61. The van der Waals surface area contributed by atoms with Crippen LogP contribution in [0.5, 0.6) is 11.5 Å². The van der Waals surface area contributed by atoms with E-state index in [1.807, 2.05) is 0 Å². The summed E-state index contributed by atoms with van der Waals surface area (Å²) >= 11 is 3.31. The van der Waals surface area contributed by atoms with Gasteiger partial charge in [0.1, 0.15) is 35.4 Å². The van der Waals surface area contributed by atoms with Crippen LogP contribution < -0.4 is 5.32 Å². The summed E-state index contributed by atoms with van der Waals surface area (Å²) in [4.78, 5) is 69.5. The van der Waals surface area contributed by atoms with Crippen LogP contribution in [0.25, 0.3) is 0 Å². The van der Waals surface area contributed by atoms with Crippen LogP contribution in [0.1, 0.15) is 75.4 Å². The molecule has 0 radical (unpaired) electrons. The van der Waals surface area contributed by atoms with Crippen molar-refractivity contribution in [3.8, 4) is 11.5 Å². The number of Topliss-reactive ketones (excluding diaryl/α,β-unsaturated/α-hetero) is 3. The van der Waals surface area contributed by atoms with Crippen LogP contribution in [-0.4, -0.2) is 125 Å². The summed E-state index contributed by atoms with van der Waals surface area (Å²) in [5.74, 6) is -7.77. The summed E-state index contributed by atoms with van der Waals surface area (Å²) < 4.78 is 27.0. The van der Waals surface area contributed by atoms with Gasteiger partial charge < -0.3 is 54.5 Å². The lowest BCUT2D eigenvalue weighted by atomic mass is 9.56. The van der Waals surface area contributed by atoms with Crippen molar-refractivity contribution in [1.29, 1.82) is 0 Å². The summed E-state index contributed by atoms with van der Waals surface area (Å²) in [5.41, 5.74) is -10.4. The summed E-state index contributed by atoms with van der Waals surface area (Å²) in [6, 6.07) is 0.840. The molecule has 272 valence electrons. The Morgan fingerprint density at radius 3 is 2.22 bits per heavy atom. The first-order valence-electron chi connectivity index (χ1n) is 15.5. The van der Waals surface area contributed by atoms with E-state index in [9.17, 15) is 49.5 Å². The first kappa shape index (κ1) is 36.7. The molecule has 0 bridgehead atoms. The number of rotatable bonds is 6. The number of phenolic OH excluding ortho intramolecular Hbond substituents is 2. The number of hydrogen-bond donors (Lipinski definition) is 6. The van der Waals surface area contributed by atoms with Crippen LogP contribution in [0.4, 0.5) is 0 Å².